The number of hydrogen-bond donors (Lipinski definition) is 2. The zero-order valence-electron chi connectivity index (χ0n) is 12.9. The second-order valence-electron chi connectivity index (χ2n) is 5.15. The summed E-state index contributed by atoms with van der Waals surface area (Å²) in [5.74, 6) is -0.526. The second kappa shape index (κ2) is 8.26. The summed E-state index contributed by atoms with van der Waals surface area (Å²) in [4.78, 5) is 25.9. The Labute approximate surface area is 139 Å². The highest BCUT2D eigenvalue weighted by Gasteiger charge is 2.21. The van der Waals surface area contributed by atoms with E-state index in [2.05, 4.69) is 5.32 Å². The summed E-state index contributed by atoms with van der Waals surface area (Å²) in [5.41, 5.74) is 6.52. The van der Waals surface area contributed by atoms with E-state index in [9.17, 15) is 9.59 Å². The van der Waals surface area contributed by atoms with Gasteiger partial charge in [0, 0.05) is 25.9 Å². The van der Waals surface area contributed by atoms with Crippen molar-refractivity contribution in [2.75, 3.05) is 45.3 Å². The van der Waals surface area contributed by atoms with Gasteiger partial charge in [-0.1, -0.05) is 11.6 Å². The van der Waals surface area contributed by atoms with Gasteiger partial charge >= 0.3 is 0 Å². The number of amides is 2. The van der Waals surface area contributed by atoms with Crippen LogP contribution in [0.3, 0.4) is 0 Å². The molecule has 0 saturated carbocycles. The van der Waals surface area contributed by atoms with E-state index in [1.54, 1.807) is 17.0 Å². The number of methoxy groups -OCH3 is 1. The van der Waals surface area contributed by atoms with Crippen LogP contribution in [0.1, 0.15) is 10.4 Å². The van der Waals surface area contributed by atoms with Gasteiger partial charge in [-0.3, -0.25) is 9.59 Å². The van der Waals surface area contributed by atoms with Crippen LogP contribution < -0.4 is 11.1 Å². The highest BCUT2D eigenvalue weighted by atomic mass is 35.5. The van der Waals surface area contributed by atoms with Crippen LogP contribution in [0.4, 0.5) is 5.69 Å². The Bertz CT molecular complexity index is 576. The monoisotopic (exact) mass is 341 g/mol. The fraction of sp³-hybridized carbons (Fsp3) is 0.467. The van der Waals surface area contributed by atoms with Crippen molar-refractivity contribution in [2.24, 2.45) is 5.73 Å². The van der Waals surface area contributed by atoms with E-state index < -0.39 is 6.04 Å². The lowest BCUT2D eigenvalue weighted by Crippen LogP contribution is -2.40. The van der Waals surface area contributed by atoms with Gasteiger partial charge in [-0.25, -0.2) is 0 Å². The highest BCUT2D eigenvalue weighted by molar-refractivity contribution is 6.34. The predicted molar refractivity (Wildman–Crippen MR) is 86.7 cm³/mol. The lowest BCUT2D eigenvalue weighted by molar-refractivity contribution is -0.118. The molecule has 126 valence electrons. The lowest BCUT2D eigenvalue weighted by atomic mass is 10.1. The molecule has 1 fully saturated rings. The minimum absolute atomic E-state index is 0.118. The Morgan fingerprint density at radius 1 is 1.43 bits per heavy atom. The minimum Gasteiger partial charge on any atom is -0.383 e. The third kappa shape index (κ3) is 4.65. The molecule has 2 amide bonds. The Morgan fingerprint density at radius 2 is 2.13 bits per heavy atom. The summed E-state index contributed by atoms with van der Waals surface area (Å²) < 4.78 is 10.1. The molecule has 2 rings (SSSR count). The number of halogens is 1. The first-order chi connectivity index (χ1) is 11.0. The summed E-state index contributed by atoms with van der Waals surface area (Å²) in [6.07, 6.45) is 0. The fourth-order valence-electron chi connectivity index (χ4n) is 2.19. The molecule has 1 aromatic rings. The molecule has 8 heteroatoms. The number of hydrogen-bond acceptors (Lipinski definition) is 5. The first-order valence-corrected chi connectivity index (χ1v) is 7.62. The second-order valence-corrected chi connectivity index (χ2v) is 5.56. The van der Waals surface area contributed by atoms with Crippen molar-refractivity contribution in [1.82, 2.24) is 4.90 Å². The zero-order chi connectivity index (χ0) is 16.8. The molecule has 0 radical (unpaired) electrons. The van der Waals surface area contributed by atoms with Crippen molar-refractivity contribution in [3.8, 4) is 0 Å². The largest absolute Gasteiger partial charge is 0.383 e. The molecule has 1 unspecified atom stereocenters. The molecule has 1 heterocycles. The fourth-order valence-corrected chi connectivity index (χ4v) is 2.45. The average molecular weight is 342 g/mol. The molecule has 3 N–H and O–H groups in total. The Kier molecular flexibility index (Phi) is 6.35. The normalized spacial score (nSPS) is 16.0. The van der Waals surface area contributed by atoms with Gasteiger partial charge in [0.1, 0.15) is 6.04 Å². The Balaban J connectivity index is 2.05. The van der Waals surface area contributed by atoms with Gasteiger partial charge in [0.25, 0.3) is 5.91 Å². The molecule has 1 aliphatic rings. The maximum absolute atomic E-state index is 12.4. The van der Waals surface area contributed by atoms with Crippen LogP contribution in [-0.4, -0.2) is 62.8 Å². The van der Waals surface area contributed by atoms with Gasteiger partial charge in [-0.2, -0.15) is 0 Å². The van der Waals surface area contributed by atoms with E-state index in [1.807, 2.05) is 0 Å². The number of anilines is 1. The van der Waals surface area contributed by atoms with Gasteiger partial charge < -0.3 is 25.4 Å². The number of ether oxygens (including phenoxy) is 2. The van der Waals surface area contributed by atoms with Gasteiger partial charge in [-0.05, 0) is 18.2 Å². The highest BCUT2D eigenvalue weighted by Crippen LogP contribution is 2.23. The third-order valence-electron chi connectivity index (χ3n) is 3.45. The maximum atomic E-state index is 12.4. The third-order valence-corrected chi connectivity index (χ3v) is 3.76. The molecule has 7 nitrogen and oxygen atoms in total. The molecule has 0 bridgehead atoms. The zero-order valence-corrected chi connectivity index (χ0v) is 13.6. The maximum Gasteiger partial charge on any atom is 0.255 e. The lowest BCUT2D eigenvalue weighted by Gasteiger charge is -2.27. The first kappa shape index (κ1) is 17.7. The van der Waals surface area contributed by atoms with Crippen LogP contribution in [-0.2, 0) is 14.3 Å². The van der Waals surface area contributed by atoms with E-state index in [-0.39, 0.29) is 23.4 Å². The number of benzene rings is 1. The number of morpholine rings is 1. The molecule has 23 heavy (non-hydrogen) atoms. The molecule has 0 aromatic heterocycles. The topological polar surface area (TPSA) is 93.9 Å². The molecule has 1 aliphatic heterocycles. The quantitative estimate of drug-likeness (QED) is 0.823. The van der Waals surface area contributed by atoms with Gasteiger partial charge in [-0.15, -0.1) is 0 Å². The molecular weight excluding hydrogens is 322 g/mol. The van der Waals surface area contributed by atoms with Crippen molar-refractivity contribution in [3.63, 3.8) is 0 Å². The van der Waals surface area contributed by atoms with Gasteiger partial charge in [0.2, 0.25) is 5.91 Å². The van der Waals surface area contributed by atoms with Crippen LogP contribution in [0.2, 0.25) is 5.02 Å². The molecule has 1 atom stereocenters. The van der Waals surface area contributed by atoms with Gasteiger partial charge in [0.15, 0.2) is 0 Å². The predicted octanol–water partition coefficient (Wildman–Crippen LogP) is 0.725. The molecule has 1 aromatic carbocycles. The number of carbonyl (C=O) groups is 2. The van der Waals surface area contributed by atoms with Crippen LogP contribution in [0.15, 0.2) is 18.2 Å². The Morgan fingerprint density at radius 3 is 2.74 bits per heavy atom. The molecule has 0 spiro atoms. The van der Waals surface area contributed by atoms with E-state index in [1.165, 1.54) is 13.2 Å². The van der Waals surface area contributed by atoms with Gasteiger partial charge in [0.05, 0.1) is 30.4 Å². The first-order valence-electron chi connectivity index (χ1n) is 7.25. The molecular formula is C15H20ClN3O4. The minimum atomic E-state index is -0.770. The summed E-state index contributed by atoms with van der Waals surface area (Å²) >= 11 is 6.18. The smallest absolute Gasteiger partial charge is 0.255 e. The number of nitrogens with zero attached hydrogens (tertiary/aromatic N) is 1. The summed E-state index contributed by atoms with van der Waals surface area (Å²) in [5, 5.41) is 2.92. The summed E-state index contributed by atoms with van der Waals surface area (Å²) in [7, 11) is 1.47. The van der Waals surface area contributed by atoms with Crippen molar-refractivity contribution in [1.29, 1.82) is 0 Å². The van der Waals surface area contributed by atoms with Crippen LogP contribution in [0.25, 0.3) is 0 Å². The standard InChI is InChI=1S/C15H20ClN3O4/c1-22-9-13(17)14(20)18-10-2-3-11(12(16)8-10)15(21)19-4-6-23-7-5-19/h2-3,8,13H,4-7,9,17H2,1H3,(H,18,20). The van der Waals surface area contributed by atoms with Crippen LogP contribution in [0.5, 0.6) is 0 Å². The number of carbonyl (C=O) groups excluding carboxylic acids is 2. The number of nitrogens with two attached hydrogens (primary N) is 1. The van der Waals surface area contributed by atoms with Crippen molar-refractivity contribution >= 4 is 29.1 Å². The average Bonchev–Trinajstić information content (AvgIpc) is 2.55. The van der Waals surface area contributed by atoms with E-state index in [4.69, 9.17) is 26.8 Å². The number of nitrogens with one attached hydrogen (secondary N) is 1. The van der Waals surface area contributed by atoms with E-state index in [0.29, 0.717) is 37.6 Å². The van der Waals surface area contributed by atoms with Crippen LogP contribution >= 0.6 is 11.6 Å². The molecule has 1 saturated heterocycles. The van der Waals surface area contributed by atoms with Crippen molar-refractivity contribution in [3.05, 3.63) is 28.8 Å². The van der Waals surface area contributed by atoms with Crippen molar-refractivity contribution < 1.29 is 19.1 Å². The SMILES string of the molecule is COCC(N)C(=O)Nc1ccc(C(=O)N2CCOCC2)c(Cl)c1. The Hall–Kier alpha value is -1.67. The summed E-state index contributed by atoms with van der Waals surface area (Å²) in [6, 6.07) is 3.98. The van der Waals surface area contributed by atoms with Crippen molar-refractivity contribution in [2.45, 2.75) is 6.04 Å². The number of rotatable bonds is 5. The summed E-state index contributed by atoms with van der Waals surface area (Å²) in [6.45, 7) is 2.25. The van der Waals surface area contributed by atoms with E-state index >= 15 is 0 Å². The van der Waals surface area contributed by atoms with E-state index in [0.717, 1.165) is 0 Å². The molecule has 0 aliphatic carbocycles. The van der Waals surface area contributed by atoms with Crippen LogP contribution in [0, 0.1) is 0 Å².